The largest absolute Gasteiger partial charge is 0.465 e. The van der Waals surface area contributed by atoms with Gasteiger partial charge in [0.05, 0.1) is 13.2 Å². The maximum atomic E-state index is 12.6. The minimum Gasteiger partial charge on any atom is -0.465 e. The molecule has 0 aliphatic carbocycles. The highest BCUT2D eigenvalue weighted by Gasteiger charge is 2.22. The number of carbonyl (C=O) groups excluding carboxylic acids is 4. The van der Waals surface area contributed by atoms with E-state index in [-0.39, 0.29) is 31.4 Å². The number of nitrogens with one attached hydrogen (secondary N) is 2. The van der Waals surface area contributed by atoms with Crippen LogP contribution in [0.5, 0.6) is 0 Å². The van der Waals surface area contributed by atoms with Gasteiger partial charge in [0, 0.05) is 12.5 Å². The summed E-state index contributed by atoms with van der Waals surface area (Å²) in [6.07, 6.45) is 4.04. The van der Waals surface area contributed by atoms with Crippen LogP contribution in [0.4, 0.5) is 0 Å². The zero-order chi connectivity index (χ0) is 26.2. The molecule has 2 N–H and O–H groups in total. The van der Waals surface area contributed by atoms with Crippen molar-refractivity contribution in [1.29, 1.82) is 0 Å². The van der Waals surface area contributed by atoms with Gasteiger partial charge in [-0.25, -0.2) is 4.79 Å². The highest BCUT2D eigenvalue weighted by Crippen LogP contribution is 2.07. The molecule has 0 aromatic heterocycles. The molecule has 0 saturated heterocycles. The molecule has 36 heavy (non-hydrogen) atoms. The lowest BCUT2D eigenvalue weighted by Gasteiger charge is -2.17. The monoisotopic (exact) mass is 494 g/mol. The Bertz CT molecular complexity index is 1010. The first kappa shape index (κ1) is 28.5. The lowest BCUT2D eigenvalue weighted by atomic mass is 10.1. The Balaban J connectivity index is 1.76. The molecule has 2 unspecified atom stereocenters. The zero-order valence-corrected chi connectivity index (χ0v) is 20.8. The first-order valence-electron chi connectivity index (χ1n) is 12.0. The van der Waals surface area contributed by atoms with Gasteiger partial charge < -0.3 is 20.1 Å². The number of esters is 2. The Kier molecular flexibility index (Phi) is 12.6. The number of benzene rings is 2. The van der Waals surface area contributed by atoms with Crippen molar-refractivity contribution in [3.8, 4) is 0 Å². The number of carbonyl (C=O) groups is 4. The Morgan fingerprint density at radius 3 is 1.69 bits per heavy atom. The van der Waals surface area contributed by atoms with E-state index in [0.29, 0.717) is 19.3 Å². The third kappa shape index (κ3) is 11.1. The highest BCUT2D eigenvalue weighted by atomic mass is 16.5. The zero-order valence-electron chi connectivity index (χ0n) is 20.8. The fourth-order valence-corrected chi connectivity index (χ4v) is 3.36. The quantitative estimate of drug-likeness (QED) is 0.222. The number of rotatable bonds is 15. The van der Waals surface area contributed by atoms with Gasteiger partial charge in [-0.05, 0) is 50.4 Å². The van der Waals surface area contributed by atoms with Gasteiger partial charge >= 0.3 is 11.9 Å². The first-order valence-corrected chi connectivity index (χ1v) is 12.0. The molecule has 0 saturated carbocycles. The third-order valence-corrected chi connectivity index (χ3v) is 5.30. The van der Waals surface area contributed by atoms with Gasteiger partial charge in [-0.1, -0.05) is 60.7 Å². The summed E-state index contributed by atoms with van der Waals surface area (Å²) in [5.74, 6) is -1.72. The van der Waals surface area contributed by atoms with Crippen LogP contribution in [0.15, 0.2) is 72.8 Å². The number of likely N-dealkylation sites (N-methyl/N-ethyl adjacent to an activating group) is 1. The molecule has 2 atom stereocenters. The smallest absolute Gasteiger partial charge is 0.328 e. The summed E-state index contributed by atoms with van der Waals surface area (Å²) in [5.41, 5.74) is 1.89. The number of hydrogen-bond donors (Lipinski definition) is 2. The summed E-state index contributed by atoms with van der Waals surface area (Å²) in [7, 11) is 1.72. The van der Waals surface area contributed by atoms with Crippen LogP contribution in [-0.4, -0.2) is 56.0 Å². The number of hydrogen-bond acceptors (Lipinski definition) is 7. The SMILES string of the molecule is CNC(Cc1ccccc1)C(=O)OCCCCOC(=O)C(Cc1ccccc1)NC(=O)/C=C/C(C)=O. The number of unbranched alkanes of at least 4 members (excludes halogenated alkanes) is 1. The van der Waals surface area contributed by atoms with Gasteiger partial charge in [0.2, 0.25) is 5.91 Å². The van der Waals surface area contributed by atoms with E-state index < -0.39 is 24.0 Å². The molecule has 0 radical (unpaired) electrons. The average molecular weight is 495 g/mol. The fourth-order valence-electron chi connectivity index (χ4n) is 3.36. The molecule has 8 heteroatoms. The molecular weight excluding hydrogens is 460 g/mol. The molecule has 2 aromatic carbocycles. The van der Waals surface area contributed by atoms with Gasteiger partial charge in [-0.3, -0.25) is 14.4 Å². The fraction of sp³-hybridized carbons (Fsp3) is 0.357. The summed E-state index contributed by atoms with van der Waals surface area (Å²) >= 11 is 0. The maximum absolute atomic E-state index is 12.6. The molecule has 2 rings (SSSR count). The van der Waals surface area contributed by atoms with Crippen molar-refractivity contribution in [3.05, 3.63) is 83.9 Å². The van der Waals surface area contributed by atoms with Gasteiger partial charge in [0.1, 0.15) is 12.1 Å². The van der Waals surface area contributed by atoms with Crippen molar-refractivity contribution >= 4 is 23.6 Å². The molecule has 0 aliphatic rings. The van der Waals surface area contributed by atoms with E-state index in [4.69, 9.17) is 9.47 Å². The van der Waals surface area contributed by atoms with Crippen LogP contribution < -0.4 is 10.6 Å². The Morgan fingerprint density at radius 2 is 1.22 bits per heavy atom. The molecule has 2 aromatic rings. The highest BCUT2D eigenvalue weighted by molar-refractivity contribution is 5.98. The lowest BCUT2D eigenvalue weighted by Crippen LogP contribution is -2.42. The molecular formula is C28H34N2O6. The number of allylic oxidation sites excluding steroid dienone is 1. The molecule has 8 nitrogen and oxygen atoms in total. The molecule has 0 bridgehead atoms. The van der Waals surface area contributed by atoms with E-state index in [1.54, 1.807) is 7.05 Å². The molecule has 192 valence electrons. The average Bonchev–Trinajstić information content (AvgIpc) is 2.88. The van der Waals surface area contributed by atoms with Crippen molar-refractivity contribution in [2.45, 2.75) is 44.7 Å². The molecule has 0 heterocycles. The van der Waals surface area contributed by atoms with Gasteiger partial charge in [-0.2, -0.15) is 0 Å². The van der Waals surface area contributed by atoms with Crippen molar-refractivity contribution in [3.63, 3.8) is 0 Å². The van der Waals surface area contributed by atoms with Crippen LogP contribution in [0.2, 0.25) is 0 Å². The normalized spacial score (nSPS) is 12.5. The molecule has 0 aliphatic heterocycles. The number of amides is 1. The minimum atomic E-state index is -0.899. The van der Waals surface area contributed by atoms with E-state index in [2.05, 4.69) is 10.6 Å². The summed E-state index contributed by atoms with van der Waals surface area (Å²) in [4.78, 5) is 48.2. The van der Waals surface area contributed by atoms with Crippen molar-refractivity contribution in [2.75, 3.05) is 20.3 Å². The minimum absolute atomic E-state index is 0.125. The van der Waals surface area contributed by atoms with Crippen molar-refractivity contribution < 1.29 is 28.7 Å². The van der Waals surface area contributed by atoms with Crippen LogP contribution in [0.3, 0.4) is 0 Å². The van der Waals surface area contributed by atoms with Gasteiger partial charge in [0.25, 0.3) is 0 Å². The summed E-state index contributed by atoms with van der Waals surface area (Å²) in [6, 6.07) is 17.6. The van der Waals surface area contributed by atoms with Crippen molar-refractivity contribution in [1.82, 2.24) is 10.6 Å². The second-order valence-corrected chi connectivity index (χ2v) is 8.27. The number of ketones is 1. The predicted octanol–water partition coefficient (Wildman–Crippen LogP) is 2.56. The van der Waals surface area contributed by atoms with E-state index in [1.807, 2.05) is 60.7 Å². The molecule has 0 spiro atoms. The third-order valence-electron chi connectivity index (χ3n) is 5.30. The van der Waals surface area contributed by atoms with Crippen LogP contribution >= 0.6 is 0 Å². The Labute approximate surface area is 212 Å². The van der Waals surface area contributed by atoms with E-state index >= 15 is 0 Å². The van der Waals surface area contributed by atoms with E-state index in [0.717, 1.165) is 23.3 Å². The molecule has 0 fully saturated rings. The van der Waals surface area contributed by atoms with E-state index in [9.17, 15) is 19.2 Å². The van der Waals surface area contributed by atoms with Crippen LogP contribution in [0.1, 0.15) is 30.9 Å². The molecule has 1 amide bonds. The first-order chi connectivity index (χ1) is 17.4. The Hall–Kier alpha value is -3.78. The van der Waals surface area contributed by atoms with Crippen molar-refractivity contribution in [2.24, 2.45) is 0 Å². The second kappa shape index (κ2) is 16.0. The summed E-state index contributed by atoms with van der Waals surface area (Å²) in [5, 5.41) is 5.58. The maximum Gasteiger partial charge on any atom is 0.328 e. The summed E-state index contributed by atoms with van der Waals surface area (Å²) in [6.45, 7) is 1.67. The number of ether oxygens (including phenoxy) is 2. The standard InChI is InChI=1S/C28H34N2O6/c1-21(31)15-16-26(32)30-25(20-23-13-7-4-8-14-23)28(34)36-18-10-9-17-35-27(33)24(29-2)19-22-11-5-3-6-12-22/h3-8,11-16,24-25,29H,9-10,17-20H2,1-2H3,(H,30,32)/b16-15+. The van der Waals surface area contributed by atoms with Crippen LogP contribution in [-0.2, 0) is 41.5 Å². The van der Waals surface area contributed by atoms with Crippen LogP contribution in [0.25, 0.3) is 0 Å². The second-order valence-electron chi connectivity index (χ2n) is 8.27. The summed E-state index contributed by atoms with van der Waals surface area (Å²) < 4.78 is 10.7. The van der Waals surface area contributed by atoms with Crippen LogP contribution in [0, 0.1) is 0 Å². The Morgan fingerprint density at radius 1 is 0.750 bits per heavy atom. The van der Waals surface area contributed by atoms with Gasteiger partial charge in [-0.15, -0.1) is 0 Å². The lowest BCUT2D eigenvalue weighted by molar-refractivity contribution is -0.149. The predicted molar refractivity (Wildman–Crippen MR) is 136 cm³/mol. The van der Waals surface area contributed by atoms with E-state index in [1.165, 1.54) is 6.92 Å². The topological polar surface area (TPSA) is 111 Å². The van der Waals surface area contributed by atoms with Gasteiger partial charge in [0.15, 0.2) is 5.78 Å².